The number of morpholine rings is 1. The molecule has 1 aromatic carbocycles. The van der Waals surface area contributed by atoms with E-state index >= 15 is 0 Å². The molecule has 2 heterocycles. The SMILES string of the molecule is O=C(NCCCN1CCOCC1)c1ccc(Cn2cc(Br)cn2)cc1. The van der Waals surface area contributed by atoms with E-state index in [0.29, 0.717) is 18.7 Å². The fraction of sp³-hybridized carbons (Fsp3) is 0.444. The zero-order chi connectivity index (χ0) is 17.5. The zero-order valence-electron chi connectivity index (χ0n) is 14.2. The molecule has 1 N–H and O–H groups in total. The third-order valence-corrected chi connectivity index (χ3v) is 4.61. The number of amides is 1. The van der Waals surface area contributed by atoms with Gasteiger partial charge in [0.1, 0.15) is 0 Å². The van der Waals surface area contributed by atoms with Crippen LogP contribution in [0.5, 0.6) is 0 Å². The molecule has 25 heavy (non-hydrogen) atoms. The Kier molecular flexibility index (Phi) is 6.61. The van der Waals surface area contributed by atoms with E-state index in [2.05, 4.69) is 31.2 Å². The van der Waals surface area contributed by atoms with Gasteiger partial charge in [-0.3, -0.25) is 14.4 Å². The maximum Gasteiger partial charge on any atom is 0.251 e. The van der Waals surface area contributed by atoms with Crippen LogP contribution in [-0.2, 0) is 11.3 Å². The van der Waals surface area contributed by atoms with Gasteiger partial charge in [0.05, 0.1) is 30.4 Å². The molecule has 6 nitrogen and oxygen atoms in total. The van der Waals surface area contributed by atoms with Crippen molar-refractivity contribution in [3.63, 3.8) is 0 Å². The van der Waals surface area contributed by atoms with Gasteiger partial charge in [0.25, 0.3) is 5.91 Å². The van der Waals surface area contributed by atoms with Crippen molar-refractivity contribution in [2.45, 2.75) is 13.0 Å². The van der Waals surface area contributed by atoms with Crippen molar-refractivity contribution < 1.29 is 9.53 Å². The lowest BCUT2D eigenvalue weighted by atomic mass is 10.1. The van der Waals surface area contributed by atoms with Crippen molar-refractivity contribution in [1.82, 2.24) is 20.0 Å². The molecule has 0 radical (unpaired) electrons. The van der Waals surface area contributed by atoms with Gasteiger partial charge in [0.2, 0.25) is 0 Å². The molecule has 1 saturated heterocycles. The minimum atomic E-state index is -0.0182. The molecule has 0 bridgehead atoms. The number of carbonyl (C=O) groups is 1. The second kappa shape index (κ2) is 9.12. The van der Waals surface area contributed by atoms with E-state index in [1.807, 2.05) is 35.1 Å². The van der Waals surface area contributed by atoms with Gasteiger partial charge in [0.15, 0.2) is 0 Å². The molecule has 7 heteroatoms. The molecular formula is C18H23BrN4O2. The van der Waals surface area contributed by atoms with E-state index < -0.39 is 0 Å². The lowest BCUT2D eigenvalue weighted by Crippen LogP contribution is -2.38. The maximum absolute atomic E-state index is 12.2. The van der Waals surface area contributed by atoms with Crippen LogP contribution in [0, 0.1) is 0 Å². The van der Waals surface area contributed by atoms with Crippen LogP contribution >= 0.6 is 15.9 Å². The van der Waals surface area contributed by atoms with Crippen molar-refractivity contribution in [3.05, 3.63) is 52.3 Å². The van der Waals surface area contributed by atoms with Crippen LogP contribution in [-0.4, -0.2) is 60.0 Å². The predicted molar refractivity (Wildman–Crippen MR) is 99.7 cm³/mol. The monoisotopic (exact) mass is 406 g/mol. The number of rotatable bonds is 7. The average molecular weight is 407 g/mol. The van der Waals surface area contributed by atoms with E-state index in [1.54, 1.807) is 6.20 Å². The summed E-state index contributed by atoms with van der Waals surface area (Å²) in [7, 11) is 0. The maximum atomic E-state index is 12.2. The van der Waals surface area contributed by atoms with Crippen LogP contribution < -0.4 is 5.32 Å². The summed E-state index contributed by atoms with van der Waals surface area (Å²) in [4.78, 5) is 14.6. The molecule has 3 rings (SSSR count). The largest absolute Gasteiger partial charge is 0.379 e. The van der Waals surface area contributed by atoms with E-state index in [0.717, 1.165) is 49.3 Å². The molecule has 0 atom stereocenters. The molecule has 134 valence electrons. The number of hydrogen-bond acceptors (Lipinski definition) is 4. The fourth-order valence-corrected chi connectivity index (χ4v) is 3.13. The van der Waals surface area contributed by atoms with Crippen LogP contribution in [0.3, 0.4) is 0 Å². The first-order valence-electron chi connectivity index (χ1n) is 8.56. The summed E-state index contributed by atoms with van der Waals surface area (Å²) in [6.45, 7) is 5.99. The molecule has 1 aliphatic rings. The molecule has 1 aliphatic heterocycles. The Bertz CT molecular complexity index is 681. The van der Waals surface area contributed by atoms with Gasteiger partial charge in [0, 0.05) is 31.4 Å². The summed E-state index contributed by atoms with van der Waals surface area (Å²) < 4.78 is 8.14. The molecule has 2 aromatic rings. The van der Waals surface area contributed by atoms with Crippen molar-refractivity contribution in [2.75, 3.05) is 39.4 Å². The number of nitrogens with one attached hydrogen (secondary N) is 1. The summed E-state index contributed by atoms with van der Waals surface area (Å²) in [5.74, 6) is -0.0182. The fourth-order valence-electron chi connectivity index (χ4n) is 2.80. The van der Waals surface area contributed by atoms with Gasteiger partial charge in [-0.25, -0.2) is 0 Å². The molecule has 0 aliphatic carbocycles. The second-order valence-corrected chi connectivity index (χ2v) is 7.03. The average Bonchev–Trinajstić information content (AvgIpc) is 3.05. The van der Waals surface area contributed by atoms with Crippen molar-refractivity contribution >= 4 is 21.8 Å². The van der Waals surface area contributed by atoms with Gasteiger partial charge < -0.3 is 10.1 Å². The van der Waals surface area contributed by atoms with Crippen molar-refractivity contribution in [3.8, 4) is 0 Å². The Balaban J connectivity index is 1.41. The first-order valence-corrected chi connectivity index (χ1v) is 9.35. The third kappa shape index (κ3) is 5.66. The molecule has 1 amide bonds. The van der Waals surface area contributed by atoms with Gasteiger partial charge >= 0.3 is 0 Å². The second-order valence-electron chi connectivity index (χ2n) is 6.12. The van der Waals surface area contributed by atoms with E-state index in [9.17, 15) is 4.79 Å². The van der Waals surface area contributed by atoms with Crippen LogP contribution in [0.15, 0.2) is 41.1 Å². The Morgan fingerprint density at radius 1 is 1.24 bits per heavy atom. The van der Waals surface area contributed by atoms with Crippen LogP contribution in [0.4, 0.5) is 0 Å². The minimum Gasteiger partial charge on any atom is -0.379 e. The van der Waals surface area contributed by atoms with E-state index in [1.165, 1.54) is 0 Å². The zero-order valence-corrected chi connectivity index (χ0v) is 15.7. The van der Waals surface area contributed by atoms with Crippen molar-refractivity contribution in [2.24, 2.45) is 0 Å². The Labute approximate surface area is 156 Å². The van der Waals surface area contributed by atoms with Gasteiger partial charge in [-0.15, -0.1) is 0 Å². The van der Waals surface area contributed by atoms with Gasteiger partial charge in [-0.1, -0.05) is 12.1 Å². The normalized spacial score (nSPS) is 15.2. The third-order valence-electron chi connectivity index (χ3n) is 4.20. The smallest absolute Gasteiger partial charge is 0.251 e. The number of carbonyl (C=O) groups excluding carboxylic acids is 1. The minimum absolute atomic E-state index is 0.0182. The van der Waals surface area contributed by atoms with E-state index in [4.69, 9.17) is 4.74 Å². The van der Waals surface area contributed by atoms with Crippen molar-refractivity contribution in [1.29, 1.82) is 0 Å². The van der Waals surface area contributed by atoms with Crippen LogP contribution in [0.25, 0.3) is 0 Å². The lowest BCUT2D eigenvalue weighted by molar-refractivity contribution is 0.0374. The highest BCUT2D eigenvalue weighted by Gasteiger charge is 2.10. The molecule has 0 spiro atoms. The molecular weight excluding hydrogens is 384 g/mol. The number of halogens is 1. The Hall–Kier alpha value is -1.70. The number of benzene rings is 1. The summed E-state index contributed by atoms with van der Waals surface area (Å²) >= 11 is 3.39. The van der Waals surface area contributed by atoms with Crippen LogP contribution in [0.1, 0.15) is 22.3 Å². The Morgan fingerprint density at radius 3 is 2.68 bits per heavy atom. The first-order chi connectivity index (χ1) is 12.2. The number of aromatic nitrogens is 2. The quantitative estimate of drug-likeness (QED) is 0.715. The Morgan fingerprint density at radius 2 is 2.00 bits per heavy atom. The first kappa shape index (κ1) is 18.1. The summed E-state index contributed by atoms with van der Waals surface area (Å²) in [5.41, 5.74) is 1.80. The highest BCUT2D eigenvalue weighted by molar-refractivity contribution is 9.10. The summed E-state index contributed by atoms with van der Waals surface area (Å²) in [5, 5.41) is 7.23. The van der Waals surface area contributed by atoms with Crippen LogP contribution in [0.2, 0.25) is 0 Å². The molecule has 0 saturated carbocycles. The van der Waals surface area contributed by atoms with Gasteiger partial charge in [-0.2, -0.15) is 5.10 Å². The number of hydrogen-bond donors (Lipinski definition) is 1. The molecule has 1 aromatic heterocycles. The number of nitrogens with zero attached hydrogens (tertiary/aromatic N) is 3. The lowest BCUT2D eigenvalue weighted by Gasteiger charge is -2.26. The molecule has 0 unspecified atom stereocenters. The standard InChI is InChI=1S/C18H23BrN4O2/c19-17-12-21-23(14-17)13-15-2-4-16(5-3-15)18(24)20-6-1-7-22-8-10-25-11-9-22/h2-5,12,14H,1,6-11,13H2,(H,20,24). The topological polar surface area (TPSA) is 59.4 Å². The van der Waals surface area contributed by atoms with E-state index in [-0.39, 0.29) is 5.91 Å². The predicted octanol–water partition coefficient (Wildman–Crippen LogP) is 2.15. The molecule has 1 fully saturated rings. The highest BCUT2D eigenvalue weighted by Crippen LogP contribution is 2.10. The van der Waals surface area contributed by atoms with Gasteiger partial charge in [-0.05, 0) is 46.6 Å². The highest BCUT2D eigenvalue weighted by atomic mass is 79.9. The summed E-state index contributed by atoms with van der Waals surface area (Å²) in [6, 6.07) is 7.67. The summed E-state index contributed by atoms with van der Waals surface area (Å²) in [6.07, 6.45) is 4.64. The number of ether oxygens (including phenoxy) is 1.